The van der Waals surface area contributed by atoms with Gasteiger partial charge in [-0.1, -0.05) is 13.8 Å². The zero-order chi connectivity index (χ0) is 13.8. The highest BCUT2D eigenvalue weighted by molar-refractivity contribution is 7.10. The summed E-state index contributed by atoms with van der Waals surface area (Å²) in [5, 5.41) is 11.9. The minimum absolute atomic E-state index is 0.00968. The highest BCUT2D eigenvalue weighted by Gasteiger charge is 2.31. The molecule has 0 spiro atoms. The fourth-order valence-electron chi connectivity index (χ4n) is 2.16. The zero-order valence-electron chi connectivity index (χ0n) is 11.3. The number of carbonyl (C=O) groups excluding carboxylic acids is 1. The molecule has 5 heteroatoms. The van der Waals surface area contributed by atoms with Gasteiger partial charge in [0.1, 0.15) is 5.01 Å². The maximum Gasteiger partial charge on any atom is 0.160 e. The summed E-state index contributed by atoms with van der Waals surface area (Å²) in [6.07, 6.45) is 1.44. The van der Waals surface area contributed by atoms with Crippen molar-refractivity contribution in [1.82, 2.24) is 4.98 Å². The van der Waals surface area contributed by atoms with Gasteiger partial charge in [-0.2, -0.15) is 5.26 Å². The molecule has 102 valence electrons. The lowest BCUT2D eigenvalue weighted by molar-refractivity contribution is -0.126. The summed E-state index contributed by atoms with van der Waals surface area (Å²) in [6.45, 7) is 5.34. The zero-order valence-corrected chi connectivity index (χ0v) is 12.1. The monoisotopic (exact) mass is 278 g/mol. The van der Waals surface area contributed by atoms with E-state index in [0.717, 1.165) is 18.5 Å². The number of Topliss-reactive ketones (excluding diaryl/α,β-unsaturated/α-hetero) is 1. The number of hydrogen-bond donors (Lipinski definition) is 0. The van der Waals surface area contributed by atoms with Gasteiger partial charge in [-0.05, 0) is 18.8 Å². The van der Waals surface area contributed by atoms with Crippen molar-refractivity contribution in [2.45, 2.75) is 38.5 Å². The van der Waals surface area contributed by atoms with Crippen LogP contribution in [-0.4, -0.2) is 24.0 Å². The van der Waals surface area contributed by atoms with Gasteiger partial charge in [0.15, 0.2) is 11.7 Å². The van der Waals surface area contributed by atoms with Crippen LogP contribution >= 0.6 is 11.3 Å². The Hall–Kier alpha value is -1.25. The summed E-state index contributed by atoms with van der Waals surface area (Å²) in [5.41, 5.74) is 0.958. The lowest BCUT2D eigenvalue weighted by Gasteiger charge is -2.22. The van der Waals surface area contributed by atoms with Gasteiger partial charge in [0.05, 0.1) is 11.8 Å². The summed E-state index contributed by atoms with van der Waals surface area (Å²) in [4.78, 5) is 16.8. The van der Waals surface area contributed by atoms with Crippen LogP contribution in [0, 0.1) is 17.2 Å². The molecule has 0 amide bonds. The van der Waals surface area contributed by atoms with Crippen LogP contribution < -0.4 is 0 Å². The molecule has 4 nitrogen and oxygen atoms in total. The first-order valence-corrected chi connectivity index (χ1v) is 7.48. The average Bonchev–Trinajstić information content (AvgIpc) is 2.90. The van der Waals surface area contributed by atoms with Gasteiger partial charge in [0.25, 0.3) is 0 Å². The van der Waals surface area contributed by atoms with Crippen LogP contribution in [0.4, 0.5) is 0 Å². The molecule has 1 saturated heterocycles. The van der Waals surface area contributed by atoms with Crippen LogP contribution in [0.1, 0.15) is 49.2 Å². The third-order valence-corrected chi connectivity index (χ3v) is 4.34. The molecular formula is C14H18N2O2S. The van der Waals surface area contributed by atoms with Crippen molar-refractivity contribution in [3.63, 3.8) is 0 Å². The Bertz CT molecular complexity index is 484. The molecule has 0 bridgehead atoms. The smallest absolute Gasteiger partial charge is 0.160 e. The van der Waals surface area contributed by atoms with Crippen molar-refractivity contribution in [1.29, 1.82) is 5.26 Å². The van der Waals surface area contributed by atoms with Crippen LogP contribution in [0.15, 0.2) is 5.38 Å². The fourth-order valence-corrected chi connectivity index (χ4v) is 3.19. The molecule has 0 saturated carbocycles. The molecule has 0 N–H and O–H groups in total. The van der Waals surface area contributed by atoms with Gasteiger partial charge in [-0.15, -0.1) is 11.3 Å². The van der Waals surface area contributed by atoms with E-state index in [1.165, 1.54) is 11.3 Å². The second-order valence-corrected chi connectivity index (χ2v) is 6.01. The number of hydrogen-bond acceptors (Lipinski definition) is 5. The molecule has 0 radical (unpaired) electrons. The third-order valence-electron chi connectivity index (χ3n) is 3.42. The van der Waals surface area contributed by atoms with Gasteiger partial charge >= 0.3 is 0 Å². The number of ether oxygens (including phenoxy) is 1. The number of rotatable bonds is 4. The lowest BCUT2D eigenvalue weighted by Crippen LogP contribution is -2.27. The van der Waals surface area contributed by atoms with E-state index in [1.54, 1.807) is 0 Å². The number of ketones is 1. The standard InChI is InChI=1S/C14H18N2O2S/c1-9(2)12-8-19-14(16-12)11(7-15)13(17)10-3-5-18-6-4-10/h8-11H,3-6H2,1-2H3/t11-/m1/s1. The molecule has 1 aliphatic rings. The van der Waals surface area contributed by atoms with E-state index in [1.807, 2.05) is 5.38 Å². The van der Waals surface area contributed by atoms with Crippen LogP contribution in [0.5, 0.6) is 0 Å². The molecule has 1 aromatic heterocycles. The molecule has 0 aromatic carbocycles. The van der Waals surface area contributed by atoms with Crippen molar-refractivity contribution >= 4 is 17.1 Å². The van der Waals surface area contributed by atoms with Gasteiger partial charge in [0, 0.05) is 24.5 Å². The summed E-state index contributed by atoms with van der Waals surface area (Å²) >= 11 is 1.42. The number of thiazole rings is 1. The van der Waals surface area contributed by atoms with Gasteiger partial charge in [0.2, 0.25) is 0 Å². The SMILES string of the molecule is CC(C)c1csc([C@H](C#N)C(=O)C2CCOCC2)n1. The van der Waals surface area contributed by atoms with E-state index < -0.39 is 5.92 Å². The van der Waals surface area contributed by atoms with Crippen molar-refractivity contribution in [3.8, 4) is 6.07 Å². The summed E-state index contributed by atoms with van der Waals surface area (Å²) in [6, 6.07) is 2.13. The van der Waals surface area contributed by atoms with E-state index >= 15 is 0 Å². The molecule has 1 atom stereocenters. The highest BCUT2D eigenvalue weighted by atomic mass is 32.1. The number of nitriles is 1. The van der Waals surface area contributed by atoms with E-state index in [-0.39, 0.29) is 11.7 Å². The fraction of sp³-hybridized carbons (Fsp3) is 0.643. The summed E-state index contributed by atoms with van der Waals surface area (Å²) in [5.74, 6) is -0.427. The maximum atomic E-state index is 12.4. The maximum absolute atomic E-state index is 12.4. The largest absolute Gasteiger partial charge is 0.381 e. The molecule has 2 rings (SSSR count). The lowest BCUT2D eigenvalue weighted by atomic mass is 9.88. The Morgan fingerprint density at radius 2 is 2.21 bits per heavy atom. The normalized spacial score (nSPS) is 18.2. The number of aromatic nitrogens is 1. The van der Waals surface area contributed by atoms with Crippen LogP contribution in [0.25, 0.3) is 0 Å². The Balaban J connectivity index is 2.14. The molecular weight excluding hydrogens is 260 g/mol. The van der Waals surface area contributed by atoms with Crippen molar-refractivity contribution in [2.75, 3.05) is 13.2 Å². The van der Waals surface area contributed by atoms with Crippen LogP contribution in [-0.2, 0) is 9.53 Å². The molecule has 1 aliphatic heterocycles. The molecule has 1 aromatic rings. The van der Waals surface area contributed by atoms with Gasteiger partial charge in [-0.3, -0.25) is 4.79 Å². The second-order valence-electron chi connectivity index (χ2n) is 5.12. The molecule has 19 heavy (non-hydrogen) atoms. The Morgan fingerprint density at radius 3 is 2.74 bits per heavy atom. The molecule has 2 heterocycles. The van der Waals surface area contributed by atoms with Crippen molar-refractivity contribution < 1.29 is 9.53 Å². The van der Waals surface area contributed by atoms with Crippen molar-refractivity contribution in [3.05, 3.63) is 16.1 Å². The van der Waals surface area contributed by atoms with E-state index in [4.69, 9.17) is 4.74 Å². The van der Waals surface area contributed by atoms with E-state index in [2.05, 4.69) is 24.9 Å². The molecule has 0 unspecified atom stereocenters. The molecule has 1 fully saturated rings. The van der Waals surface area contributed by atoms with Gasteiger partial charge < -0.3 is 4.74 Å². The first-order chi connectivity index (χ1) is 9.13. The summed E-state index contributed by atoms with van der Waals surface area (Å²) in [7, 11) is 0. The predicted molar refractivity (Wildman–Crippen MR) is 73.1 cm³/mol. The predicted octanol–water partition coefficient (Wildman–Crippen LogP) is 2.87. The van der Waals surface area contributed by atoms with Crippen molar-refractivity contribution in [2.24, 2.45) is 5.92 Å². The van der Waals surface area contributed by atoms with Crippen LogP contribution in [0.2, 0.25) is 0 Å². The minimum atomic E-state index is -0.708. The van der Waals surface area contributed by atoms with E-state index in [9.17, 15) is 10.1 Å². The van der Waals surface area contributed by atoms with E-state index in [0.29, 0.717) is 24.1 Å². The Kier molecular flexibility index (Phi) is 4.67. The second kappa shape index (κ2) is 6.27. The number of nitrogens with zero attached hydrogens (tertiary/aromatic N) is 2. The topological polar surface area (TPSA) is 63.0 Å². The third kappa shape index (κ3) is 3.20. The Labute approximate surface area is 117 Å². The Morgan fingerprint density at radius 1 is 1.53 bits per heavy atom. The minimum Gasteiger partial charge on any atom is -0.381 e. The van der Waals surface area contributed by atoms with Crippen LogP contribution in [0.3, 0.4) is 0 Å². The highest BCUT2D eigenvalue weighted by Crippen LogP contribution is 2.29. The van der Waals surface area contributed by atoms with Gasteiger partial charge in [-0.25, -0.2) is 4.98 Å². The average molecular weight is 278 g/mol. The quantitative estimate of drug-likeness (QED) is 0.849. The number of carbonyl (C=O) groups is 1. The first-order valence-electron chi connectivity index (χ1n) is 6.60. The molecule has 0 aliphatic carbocycles. The first kappa shape index (κ1) is 14.2. The summed E-state index contributed by atoms with van der Waals surface area (Å²) < 4.78 is 5.26.